The first-order valence-corrected chi connectivity index (χ1v) is 9.57. The van der Waals surface area contributed by atoms with Gasteiger partial charge in [-0.05, 0) is 43.7 Å². The summed E-state index contributed by atoms with van der Waals surface area (Å²) in [7, 11) is 0. The van der Waals surface area contributed by atoms with Gasteiger partial charge in [0.2, 0.25) is 0 Å². The fourth-order valence-electron chi connectivity index (χ4n) is 4.18. The van der Waals surface area contributed by atoms with Crippen LogP contribution in [-0.4, -0.2) is 26.4 Å². The molecule has 27 heavy (non-hydrogen) atoms. The zero-order chi connectivity index (χ0) is 18.2. The van der Waals surface area contributed by atoms with Gasteiger partial charge in [0, 0.05) is 29.2 Å². The molecule has 1 aliphatic heterocycles. The Morgan fingerprint density at radius 1 is 1.00 bits per heavy atom. The molecule has 0 amide bonds. The largest absolute Gasteiger partial charge is 0.357 e. The molecule has 0 unspecified atom stereocenters. The second kappa shape index (κ2) is 6.67. The lowest BCUT2D eigenvalue weighted by Gasteiger charge is -2.34. The van der Waals surface area contributed by atoms with E-state index in [-0.39, 0.29) is 11.5 Å². The fourth-order valence-corrected chi connectivity index (χ4v) is 4.18. The number of para-hydroxylation sites is 3. The number of rotatable bonds is 3. The molecule has 0 aliphatic carbocycles. The SMILES string of the molecule is O=c1cc(CN2CCCC[C@H]2c2nc3ccccc3[nH]2)[nH]c2ccccc12. The molecule has 0 bridgehead atoms. The molecule has 1 saturated heterocycles. The fraction of sp³-hybridized carbons (Fsp3) is 0.273. The predicted molar refractivity (Wildman–Crippen MR) is 108 cm³/mol. The van der Waals surface area contributed by atoms with Gasteiger partial charge in [0.05, 0.1) is 17.1 Å². The van der Waals surface area contributed by atoms with Crippen molar-refractivity contribution in [1.82, 2.24) is 19.9 Å². The lowest BCUT2D eigenvalue weighted by atomic mass is 10.0. The Morgan fingerprint density at radius 3 is 2.70 bits per heavy atom. The van der Waals surface area contributed by atoms with Crippen LogP contribution >= 0.6 is 0 Å². The van der Waals surface area contributed by atoms with Crippen LogP contribution in [0.1, 0.15) is 36.8 Å². The van der Waals surface area contributed by atoms with Crippen LogP contribution in [0, 0.1) is 0 Å². The molecule has 0 saturated carbocycles. The van der Waals surface area contributed by atoms with Crippen molar-refractivity contribution >= 4 is 21.9 Å². The third-order valence-corrected chi connectivity index (χ3v) is 5.50. The molecule has 5 rings (SSSR count). The van der Waals surface area contributed by atoms with Gasteiger partial charge in [0.25, 0.3) is 0 Å². The van der Waals surface area contributed by atoms with Gasteiger partial charge in [-0.15, -0.1) is 0 Å². The number of benzene rings is 2. The summed E-state index contributed by atoms with van der Waals surface area (Å²) in [5, 5.41) is 0.744. The first-order valence-electron chi connectivity index (χ1n) is 9.57. The Morgan fingerprint density at radius 2 is 1.81 bits per heavy atom. The maximum Gasteiger partial charge on any atom is 0.189 e. The summed E-state index contributed by atoms with van der Waals surface area (Å²) in [6.07, 6.45) is 3.46. The summed E-state index contributed by atoms with van der Waals surface area (Å²) in [6, 6.07) is 17.9. The van der Waals surface area contributed by atoms with Crippen molar-refractivity contribution in [3.63, 3.8) is 0 Å². The van der Waals surface area contributed by atoms with Crippen LogP contribution in [0.15, 0.2) is 59.4 Å². The molecule has 1 atom stereocenters. The van der Waals surface area contributed by atoms with Gasteiger partial charge in [-0.3, -0.25) is 9.69 Å². The quantitative estimate of drug-likeness (QED) is 0.579. The van der Waals surface area contributed by atoms with Crippen LogP contribution < -0.4 is 5.43 Å². The number of H-pyrrole nitrogens is 2. The Labute approximate surface area is 157 Å². The van der Waals surface area contributed by atoms with E-state index in [2.05, 4.69) is 20.9 Å². The van der Waals surface area contributed by atoms with Gasteiger partial charge < -0.3 is 9.97 Å². The lowest BCUT2D eigenvalue weighted by molar-refractivity contribution is 0.133. The smallest absolute Gasteiger partial charge is 0.189 e. The Hall–Kier alpha value is -2.92. The first-order chi connectivity index (χ1) is 13.3. The van der Waals surface area contributed by atoms with Crippen molar-refractivity contribution in [3.05, 3.63) is 76.3 Å². The van der Waals surface area contributed by atoms with Crippen molar-refractivity contribution in [2.24, 2.45) is 0 Å². The van der Waals surface area contributed by atoms with Crippen LogP contribution in [0.25, 0.3) is 21.9 Å². The third kappa shape index (κ3) is 3.04. The Kier molecular flexibility index (Phi) is 4.02. The highest BCUT2D eigenvalue weighted by Gasteiger charge is 2.27. The van der Waals surface area contributed by atoms with E-state index < -0.39 is 0 Å². The van der Waals surface area contributed by atoms with Crippen molar-refractivity contribution in [1.29, 1.82) is 0 Å². The molecule has 4 aromatic rings. The van der Waals surface area contributed by atoms with E-state index in [0.29, 0.717) is 0 Å². The maximum absolute atomic E-state index is 12.5. The summed E-state index contributed by atoms with van der Waals surface area (Å²) in [5.41, 5.74) is 4.03. The molecule has 136 valence electrons. The first kappa shape index (κ1) is 16.3. The number of fused-ring (bicyclic) bond motifs is 2. The van der Waals surface area contributed by atoms with Crippen molar-refractivity contribution < 1.29 is 0 Å². The van der Waals surface area contributed by atoms with Crippen LogP contribution in [0.5, 0.6) is 0 Å². The van der Waals surface area contributed by atoms with E-state index in [1.807, 2.05) is 42.5 Å². The van der Waals surface area contributed by atoms with Gasteiger partial charge in [-0.1, -0.05) is 30.7 Å². The Balaban J connectivity index is 1.48. The van der Waals surface area contributed by atoms with Gasteiger partial charge in [-0.2, -0.15) is 0 Å². The van der Waals surface area contributed by atoms with Gasteiger partial charge in [0.15, 0.2) is 5.43 Å². The van der Waals surface area contributed by atoms with E-state index >= 15 is 0 Å². The third-order valence-electron chi connectivity index (χ3n) is 5.50. The molecule has 0 spiro atoms. The number of hydrogen-bond donors (Lipinski definition) is 2. The number of likely N-dealkylation sites (tertiary alicyclic amines) is 1. The predicted octanol–water partition coefficient (Wildman–Crippen LogP) is 4.13. The minimum absolute atomic E-state index is 0.0802. The minimum atomic E-state index is 0.0802. The summed E-state index contributed by atoms with van der Waals surface area (Å²) in [5.74, 6) is 1.03. The molecule has 3 heterocycles. The number of hydrogen-bond acceptors (Lipinski definition) is 3. The molecule has 1 aliphatic rings. The molecule has 2 aromatic heterocycles. The topological polar surface area (TPSA) is 64.8 Å². The van der Waals surface area contributed by atoms with E-state index in [4.69, 9.17) is 4.98 Å². The monoisotopic (exact) mass is 358 g/mol. The molecular weight excluding hydrogens is 336 g/mol. The second-order valence-corrected chi connectivity index (χ2v) is 7.33. The molecule has 1 fully saturated rings. The number of aromatic nitrogens is 3. The molecule has 0 radical (unpaired) electrons. The summed E-state index contributed by atoms with van der Waals surface area (Å²) in [4.78, 5) is 26.7. The summed E-state index contributed by atoms with van der Waals surface area (Å²) < 4.78 is 0. The van der Waals surface area contributed by atoms with Gasteiger partial charge in [0.1, 0.15) is 5.82 Å². The van der Waals surface area contributed by atoms with E-state index in [1.54, 1.807) is 6.07 Å². The average molecular weight is 358 g/mol. The van der Waals surface area contributed by atoms with E-state index in [0.717, 1.165) is 53.0 Å². The molecule has 2 N–H and O–H groups in total. The number of nitrogens with one attached hydrogen (secondary N) is 2. The normalized spacial score (nSPS) is 18.3. The van der Waals surface area contributed by atoms with Crippen LogP contribution in [0.2, 0.25) is 0 Å². The minimum Gasteiger partial charge on any atom is -0.357 e. The highest BCUT2D eigenvalue weighted by atomic mass is 16.1. The van der Waals surface area contributed by atoms with Crippen molar-refractivity contribution in [2.45, 2.75) is 31.8 Å². The van der Waals surface area contributed by atoms with Crippen molar-refractivity contribution in [3.8, 4) is 0 Å². The summed E-state index contributed by atoms with van der Waals surface area (Å²) >= 11 is 0. The van der Waals surface area contributed by atoms with Crippen LogP contribution in [-0.2, 0) is 6.54 Å². The molecule has 2 aromatic carbocycles. The van der Waals surface area contributed by atoms with E-state index in [9.17, 15) is 4.79 Å². The second-order valence-electron chi connectivity index (χ2n) is 7.33. The maximum atomic E-state index is 12.5. The number of imidazole rings is 1. The molecular formula is C22H22N4O. The number of nitrogens with zero attached hydrogens (tertiary/aromatic N) is 2. The van der Waals surface area contributed by atoms with Gasteiger partial charge in [-0.25, -0.2) is 4.98 Å². The van der Waals surface area contributed by atoms with Crippen LogP contribution in [0.3, 0.4) is 0 Å². The van der Waals surface area contributed by atoms with Crippen molar-refractivity contribution in [2.75, 3.05) is 6.54 Å². The lowest BCUT2D eigenvalue weighted by Crippen LogP contribution is -2.34. The zero-order valence-electron chi connectivity index (χ0n) is 15.1. The average Bonchev–Trinajstić information content (AvgIpc) is 3.12. The standard InChI is InChI=1S/C22H22N4O/c27-21-13-15(23-17-8-2-1-7-16(17)21)14-26-12-6-5-11-20(26)22-24-18-9-3-4-10-19(18)25-22/h1-4,7-10,13,20H,5-6,11-12,14H2,(H,23,27)(H,24,25)/t20-/m0/s1. The highest BCUT2D eigenvalue weighted by molar-refractivity contribution is 5.78. The van der Waals surface area contributed by atoms with Crippen LogP contribution in [0.4, 0.5) is 0 Å². The Bertz CT molecular complexity index is 1130. The van der Waals surface area contributed by atoms with Gasteiger partial charge >= 0.3 is 0 Å². The van der Waals surface area contributed by atoms with E-state index in [1.165, 1.54) is 12.8 Å². The number of piperidine rings is 1. The molecule has 5 nitrogen and oxygen atoms in total. The highest BCUT2D eigenvalue weighted by Crippen LogP contribution is 2.31. The zero-order valence-corrected chi connectivity index (χ0v) is 15.1. The molecule has 5 heteroatoms. The number of pyridine rings is 1. The summed E-state index contributed by atoms with van der Waals surface area (Å²) in [6.45, 7) is 1.73. The number of aromatic amines is 2.